The minimum Gasteiger partial charge on any atom is -0.497 e. The molecule has 4 heteroatoms. The van der Waals surface area contributed by atoms with Crippen LogP contribution in [0.5, 0.6) is 5.75 Å². The summed E-state index contributed by atoms with van der Waals surface area (Å²) in [4.78, 5) is 13.4. The van der Waals surface area contributed by atoms with Gasteiger partial charge in [0.25, 0.3) is 0 Å². The van der Waals surface area contributed by atoms with Gasteiger partial charge in [0.1, 0.15) is 5.75 Å². The summed E-state index contributed by atoms with van der Waals surface area (Å²) in [6.07, 6.45) is 0. The topological polar surface area (TPSA) is 26.3 Å². The number of halogens is 1. The standard InChI is InChI=1S/C13H11BrO2S/c1-8-10(5-6-17-8)13(15)11-7-9(16-2)3-4-12(11)14/h3-7H,1-2H3. The molecule has 0 spiro atoms. The Balaban J connectivity index is 2.47. The Labute approximate surface area is 112 Å². The molecule has 0 fully saturated rings. The molecule has 17 heavy (non-hydrogen) atoms. The molecule has 0 saturated heterocycles. The van der Waals surface area contributed by atoms with E-state index in [2.05, 4.69) is 15.9 Å². The van der Waals surface area contributed by atoms with Gasteiger partial charge in [-0.3, -0.25) is 4.79 Å². The van der Waals surface area contributed by atoms with Crippen molar-refractivity contribution in [2.45, 2.75) is 6.92 Å². The number of aryl methyl sites for hydroxylation is 1. The highest BCUT2D eigenvalue weighted by molar-refractivity contribution is 9.10. The monoisotopic (exact) mass is 310 g/mol. The molecule has 0 N–H and O–H groups in total. The summed E-state index contributed by atoms with van der Waals surface area (Å²) in [7, 11) is 1.59. The number of ketones is 1. The summed E-state index contributed by atoms with van der Waals surface area (Å²) in [5, 5.41) is 1.93. The number of carbonyl (C=O) groups excluding carboxylic acids is 1. The quantitative estimate of drug-likeness (QED) is 0.799. The summed E-state index contributed by atoms with van der Waals surface area (Å²) in [5.74, 6) is 0.707. The highest BCUT2D eigenvalue weighted by Gasteiger charge is 2.16. The molecule has 0 saturated carbocycles. The molecular weight excluding hydrogens is 300 g/mol. The van der Waals surface area contributed by atoms with E-state index in [1.807, 2.05) is 30.5 Å². The molecule has 1 aromatic carbocycles. The van der Waals surface area contributed by atoms with Gasteiger partial charge in [-0.15, -0.1) is 11.3 Å². The molecule has 1 heterocycles. The maximum Gasteiger partial charge on any atom is 0.195 e. The number of thiophene rings is 1. The van der Waals surface area contributed by atoms with E-state index in [-0.39, 0.29) is 5.78 Å². The van der Waals surface area contributed by atoms with E-state index < -0.39 is 0 Å². The lowest BCUT2D eigenvalue weighted by atomic mass is 10.0. The van der Waals surface area contributed by atoms with Gasteiger partial charge < -0.3 is 4.74 Å². The number of methoxy groups -OCH3 is 1. The van der Waals surface area contributed by atoms with E-state index in [0.717, 1.165) is 14.9 Å². The summed E-state index contributed by atoms with van der Waals surface area (Å²) in [5.41, 5.74) is 1.38. The van der Waals surface area contributed by atoms with Crippen molar-refractivity contribution in [3.8, 4) is 5.75 Å². The van der Waals surface area contributed by atoms with Crippen molar-refractivity contribution in [1.82, 2.24) is 0 Å². The molecule has 88 valence electrons. The molecule has 0 radical (unpaired) electrons. The van der Waals surface area contributed by atoms with Crippen LogP contribution in [0, 0.1) is 6.92 Å². The number of rotatable bonds is 3. The first kappa shape index (κ1) is 12.3. The van der Waals surface area contributed by atoms with Crippen LogP contribution < -0.4 is 4.74 Å². The van der Waals surface area contributed by atoms with Crippen LogP contribution in [0.15, 0.2) is 34.1 Å². The van der Waals surface area contributed by atoms with Crippen LogP contribution in [0.1, 0.15) is 20.8 Å². The first-order valence-corrected chi connectivity index (χ1v) is 6.73. The maximum absolute atomic E-state index is 12.3. The SMILES string of the molecule is COc1ccc(Br)c(C(=O)c2ccsc2C)c1. The summed E-state index contributed by atoms with van der Waals surface area (Å²) < 4.78 is 5.92. The van der Waals surface area contributed by atoms with Crippen molar-refractivity contribution in [3.63, 3.8) is 0 Å². The molecule has 0 unspecified atom stereocenters. The summed E-state index contributed by atoms with van der Waals surface area (Å²) in [6.45, 7) is 1.95. The normalized spacial score (nSPS) is 10.3. The Kier molecular flexibility index (Phi) is 3.64. The number of carbonyl (C=O) groups is 1. The zero-order valence-corrected chi connectivity index (χ0v) is 11.9. The second kappa shape index (κ2) is 5.02. The van der Waals surface area contributed by atoms with Crippen LogP contribution in [0.3, 0.4) is 0 Å². The number of benzene rings is 1. The maximum atomic E-state index is 12.3. The van der Waals surface area contributed by atoms with Crippen molar-refractivity contribution in [1.29, 1.82) is 0 Å². The third-order valence-corrected chi connectivity index (χ3v) is 4.06. The predicted molar refractivity (Wildman–Crippen MR) is 73.2 cm³/mol. The van der Waals surface area contributed by atoms with E-state index in [9.17, 15) is 4.79 Å². The molecule has 0 aliphatic rings. The van der Waals surface area contributed by atoms with E-state index in [0.29, 0.717) is 11.3 Å². The lowest BCUT2D eigenvalue weighted by Gasteiger charge is -2.06. The highest BCUT2D eigenvalue weighted by Crippen LogP contribution is 2.27. The molecule has 2 rings (SSSR count). The summed E-state index contributed by atoms with van der Waals surface area (Å²) >= 11 is 4.97. The highest BCUT2D eigenvalue weighted by atomic mass is 79.9. The predicted octanol–water partition coefficient (Wildman–Crippen LogP) is 4.06. The number of hydrogen-bond acceptors (Lipinski definition) is 3. The second-order valence-corrected chi connectivity index (χ2v) is 5.54. The Hall–Kier alpha value is -1.13. The van der Waals surface area contributed by atoms with Crippen LogP contribution in [0.25, 0.3) is 0 Å². The zero-order valence-electron chi connectivity index (χ0n) is 9.49. The smallest absolute Gasteiger partial charge is 0.195 e. The van der Waals surface area contributed by atoms with Crippen LogP contribution in [0.2, 0.25) is 0 Å². The van der Waals surface area contributed by atoms with Gasteiger partial charge in [0.2, 0.25) is 0 Å². The number of hydrogen-bond donors (Lipinski definition) is 0. The Morgan fingerprint density at radius 1 is 1.29 bits per heavy atom. The Morgan fingerprint density at radius 3 is 2.65 bits per heavy atom. The van der Waals surface area contributed by atoms with Gasteiger partial charge in [-0.25, -0.2) is 0 Å². The van der Waals surface area contributed by atoms with Crippen LogP contribution in [0.4, 0.5) is 0 Å². The van der Waals surface area contributed by atoms with Crippen LogP contribution in [-0.4, -0.2) is 12.9 Å². The fourth-order valence-corrected chi connectivity index (χ4v) is 2.69. The minimum absolute atomic E-state index is 0.0227. The van der Waals surface area contributed by atoms with Crippen LogP contribution >= 0.6 is 27.3 Å². The van der Waals surface area contributed by atoms with E-state index in [1.165, 1.54) is 0 Å². The van der Waals surface area contributed by atoms with Gasteiger partial charge in [0.05, 0.1) is 7.11 Å². The van der Waals surface area contributed by atoms with Crippen molar-refractivity contribution < 1.29 is 9.53 Å². The first-order valence-electron chi connectivity index (χ1n) is 5.06. The Bertz CT molecular complexity index is 560. The zero-order chi connectivity index (χ0) is 12.4. The van der Waals surface area contributed by atoms with Gasteiger partial charge in [0.15, 0.2) is 5.78 Å². The third kappa shape index (κ3) is 2.42. The van der Waals surface area contributed by atoms with Crippen molar-refractivity contribution in [2.75, 3.05) is 7.11 Å². The molecule has 0 aliphatic heterocycles. The molecule has 2 nitrogen and oxygen atoms in total. The molecule has 0 aliphatic carbocycles. The third-order valence-electron chi connectivity index (χ3n) is 2.52. The minimum atomic E-state index is 0.0227. The van der Waals surface area contributed by atoms with E-state index >= 15 is 0 Å². The van der Waals surface area contributed by atoms with Crippen molar-refractivity contribution in [2.24, 2.45) is 0 Å². The first-order chi connectivity index (χ1) is 8.13. The second-order valence-electron chi connectivity index (χ2n) is 3.57. The average molecular weight is 311 g/mol. The van der Waals surface area contributed by atoms with Gasteiger partial charge in [0, 0.05) is 20.5 Å². The van der Waals surface area contributed by atoms with E-state index in [4.69, 9.17) is 4.74 Å². The molecule has 0 amide bonds. The average Bonchev–Trinajstić information content (AvgIpc) is 2.75. The van der Waals surface area contributed by atoms with Crippen LogP contribution in [-0.2, 0) is 0 Å². The van der Waals surface area contributed by atoms with Crippen molar-refractivity contribution in [3.05, 3.63) is 50.1 Å². The largest absolute Gasteiger partial charge is 0.497 e. The molecule has 0 bridgehead atoms. The molecular formula is C13H11BrO2S. The van der Waals surface area contributed by atoms with Gasteiger partial charge in [-0.2, -0.15) is 0 Å². The lowest BCUT2D eigenvalue weighted by molar-refractivity contribution is 0.103. The Morgan fingerprint density at radius 2 is 2.06 bits per heavy atom. The van der Waals surface area contributed by atoms with Gasteiger partial charge in [-0.1, -0.05) is 15.9 Å². The molecule has 1 aromatic heterocycles. The van der Waals surface area contributed by atoms with Crippen molar-refractivity contribution >= 4 is 33.0 Å². The number of ether oxygens (including phenoxy) is 1. The lowest BCUT2D eigenvalue weighted by Crippen LogP contribution is -2.02. The fourth-order valence-electron chi connectivity index (χ4n) is 1.57. The molecule has 2 aromatic rings. The molecule has 0 atom stereocenters. The van der Waals surface area contributed by atoms with Gasteiger partial charge >= 0.3 is 0 Å². The van der Waals surface area contributed by atoms with E-state index in [1.54, 1.807) is 24.5 Å². The summed E-state index contributed by atoms with van der Waals surface area (Å²) in [6, 6.07) is 7.26. The fraction of sp³-hybridized carbons (Fsp3) is 0.154. The van der Waals surface area contributed by atoms with Gasteiger partial charge in [-0.05, 0) is 36.6 Å².